The van der Waals surface area contributed by atoms with Crippen molar-refractivity contribution in [2.24, 2.45) is 0 Å². The Bertz CT molecular complexity index is 1230. The van der Waals surface area contributed by atoms with E-state index in [0.29, 0.717) is 6.01 Å². The molecule has 2 aromatic carbocycles. The summed E-state index contributed by atoms with van der Waals surface area (Å²) >= 11 is 0. The van der Waals surface area contributed by atoms with Crippen LogP contribution in [0.2, 0.25) is 0 Å². The molecule has 0 bridgehead atoms. The molecule has 1 aliphatic rings. The van der Waals surface area contributed by atoms with E-state index in [2.05, 4.69) is 92.8 Å². The SMILES string of the molecule is CCCCOc1cc(N2CCc3c(nc(O[C@H](C)CN(C)CC)nc3N(CCC)CCC)C2)c2ccccc2c1. The second-order valence-electron chi connectivity index (χ2n) is 11.1. The zero-order valence-corrected chi connectivity index (χ0v) is 25.6. The van der Waals surface area contributed by atoms with Crippen LogP contribution in [0.3, 0.4) is 0 Å². The molecule has 0 aliphatic carbocycles. The highest BCUT2D eigenvalue weighted by molar-refractivity contribution is 5.95. The summed E-state index contributed by atoms with van der Waals surface area (Å²) in [5.41, 5.74) is 3.54. The molecule has 218 valence electrons. The normalized spacial score (nSPS) is 13.9. The Morgan fingerprint density at radius 2 is 1.77 bits per heavy atom. The molecule has 2 heterocycles. The van der Waals surface area contributed by atoms with E-state index in [1.165, 1.54) is 22.0 Å². The van der Waals surface area contributed by atoms with Gasteiger partial charge in [-0.2, -0.15) is 9.97 Å². The zero-order valence-electron chi connectivity index (χ0n) is 25.6. The minimum absolute atomic E-state index is 0.00207. The maximum Gasteiger partial charge on any atom is 0.318 e. The van der Waals surface area contributed by atoms with Crippen molar-refractivity contribution in [1.82, 2.24) is 14.9 Å². The molecule has 0 fully saturated rings. The highest BCUT2D eigenvalue weighted by Crippen LogP contribution is 2.37. The lowest BCUT2D eigenvalue weighted by Crippen LogP contribution is -2.36. The maximum atomic E-state index is 6.36. The quantitative estimate of drug-likeness (QED) is 0.196. The van der Waals surface area contributed by atoms with Crippen molar-refractivity contribution in [3.8, 4) is 11.8 Å². The third kappa shape index (κ3) is 7.36. The lowest BCUT2D eigenvalue weighted by atomic mass is 10.0. The van der Waals surface area contributed by atoms with Crippen molar-refractivity contribution in [2.75, 3.05) is 56.2 Å². The number of hydrogen-bond donors (Lipinski definition) is 0. The Balaban J connectivity index is 1.71. The highest BCUT2D eigenvalue weighted by atomic mass is 16.5. The van der Waals surface area contributed by atoms with Crippen LogP contribution in [0.4, 0.5) is 11.5 Å². The van der Waals surface area contributed by atoms with Crippen molar-refractivity contribution in [3.63, 3.8) is 0 Å². The van der Waals surface area contributed by atoms with Gasteiger partial charge in [-0.15, -0.1) is 0 Å². The fraction of sp³-hybridized carbons (Fsp3) is 0.576. The third-order valence-corrected chi connectivity index (χ3v) is 7.65. The fourth-order valence-corrected chi connectivity index (χ4v) is 5.50. The molecule has 7 heteroatoms. The molecule has 4 rings (SSSR count). The number of likely N-dealkylation sites (N-methyl/N-ethyl adjacent to an activating group) is 1. The molecule has 40 heavy (non-hydrogen) atoms. The Morgan fingerprint density at radius 3 is 2.50 bits per heavy atom. The minimum Gasteiger partial charge on any atom is -0.493 e. The first-order valence-electron chi connectivity index (χ1n) is 15.4. The van der Waals surface area contributed by atoms with Gasteiger partial charge in [0.15, 0.2) is 0 Å². The van der Waals surface area contributed by atoms with Crippen molar-refractivity contribution in [3.05, 3.63) is 47.7 Å². The van der Waals surface area contributed by atoms with Gasteiger partial charge in [0.25, 0.3) is 0 Å². The summed E-state index contributed by atoms with van der Waals surface area (Å²) in [5.74, 6) is 1.99. The summed E-state index contributed by atoms with van der Waals surface area (Å²) in [6, 6.07) is 13.5. The van der Waals surface area contributed by atoms with Crippen molar-refractivity contribution in [2.45, 2.75) is 79.4 Å². The van der Waals surface area contributed by atoms with Gasteiger partial charge in [0.2, 0.25) is 0 Å². The lowest BCUT2D eigenvalue weighted by molar-refractivity contribution is 0.153. The molecule has 1 atom stereocenters. The van der Waals surface area contributed by atoms with E-state index in [-0.39, 0.29) is 6.10 Å². The van der Waals surface area contributed by atoms with Gasteiger partial charge >= 0.3 is 6.01 Å². The van der Waals surface area contributed by atoms with E-state index in [4.69, 9.17) is 19.4 Å². The molecule has 0 saturated heterocycles. The summed E-state index contributed by atoms with van der Waals surface area (Å²) in [4.78, 5) is 17.2. The lowest BCUT2D eigenvalue weighted by Gasteiger charge is -2.34. The van der Waals surface area contributed by atoms with Crippen molar-refractivity contribution < 1.29 is 9.47 Å². The summed E-state index contributed by atoms with van der Waals surface area (Å²) < 4.78 is 12.5. The number of unbranched alkanes of at least 4 members (excludes halogenated alkanes) is 1. The second-order valence-corrected chi connectivity index (χ2v) is 11.1. The van der Waals surface area contributed by atoms with Crippen LogP contribution < -0.4 is 19.3 Å². The summed E-state index contributed by atoms with van der Waals surface area (Å²) in [5, 5.41) is 2.45. The van der Waals surface area contributed by atoms with Crippen LogP contribution in [0, 0.1) is 0 Å². The van der Waals surface area contributed by atoms with E-state index in [0.717, 1.165) is 95.2 Å². The average Bonchev–Trinajstić information content (AvgIpc) is 2.96. The van der Waals surface area contributed by atoms with E-state index in [9.17, 15) is 0 Å². The smallest absolute Gasteiger partial charge is 0.318 e. The van der Waals surface area contributed by atoms with E-state index in [1.807, 2.05) is 0 Å². The Kier molecular flexibility index (Phi) is 10.9. The van der Waals surface area contributed by atoms with E-state index >= 15 is 0 Å². The Labute approximate surface area is 241 Å². The van der Waals surface area contributed by atoms with Crippen LogP contribution in [0.5, 0.6) is 11.8 Å². The van der Waals surface area contributed by atoms with Crippen LogP contribution in [-0.2, 0) is 13.0 Å². The Morgan fingerprint density at radius 1 is 1.00 bits per heavy atom. The molecular weight excluding hydrogens is 498 g/mol. The van der Waals surface area contributed by atoms with Gasteiger partial charge in [-0.25, -0.2) is 0 Å². The molecule has 1 aromatic heterocycles. The molecule has 3 aromatic rings. The number of nitrogens with zero attached hydrogens (tertiary/aromatic N) is 5. The monoisotopic (exact) mass is 547 g/mol. The minimum atomic E-state index is 0.00207. The molecule has 0 N–H and O–H groups in total. The molecule has 7 nitrogen and oxygen atoms in total. The maximum absolute atomic E-state index is 6.36. The first kappa shape index (κ1) is 29.9. The second kappa shape index (κ2) is 14.5. The first-order valence-corrected chi connectivity index (χ1v) is 15.4. The average molecular weight is 548 g/mol. The number of fused-ring (bicyclic) bond motifs is 2. The molecule has 1 aliphatic heterocycles. The largest absolute Gasteiger partial charge is 0.493 e. The van der Waals surface area contributed by atoms with Crippen LogP contribution in [0.1, 0.15) is 71.6 Å². The molecular formula is C33H49N5O2. The predicted octanol–water partition coefficient (Wildman–Crippen LogP) is 6.72. The van der Waals surface area contributed by atoms with Gasteiger partial charge in [-0.3, -0.25) is 0 Å². The third-order valence-electron chi connectivity index (χ3n) is 7.65. The number of rotatable bonds is 15. The van der Waals surface area contributed by atoms with Crippen LogP contribution in [0.25, 0.3) is 10.8 Å². The molecule has 0 spiro atoms. The summed E-state index contributed by atoms with van der Waals surface area (Å²) in [6.45, 7) is 17.1. The first-order chi connectivity index (χ1) is 19.5. The summed E-state index contributed by atoms with van der Waals surface area (Å²) in [7, 11) is 2.12. The number of anilines is 2. The van der Waals surface area contributed by atoms with Crippen LogP contribution >= 0.6 is 0 Å². The topological polar surface area (TPSA) is 54.0 Å². The number of hydrogen-bond acceptors (Lipinski definition) is 7. The number of ether oxygens (including phenoxy) is 2. The van der Waals surface area contributed by atoms with Gasteiger partial charge in [0.1, 0.15) is 17.7 Å². The van der Waals surface area contributed by atoms with Gasteiger partial charge in [-0.1, -0.05) is 58.4 Å². The highest BCUT2D eigenvalue weighted by Gasteiger charge is 2.27. The van der Waals surface area contributed by atoms with Crippen molar-refractivity contribution in [1.29, 1.82) is 0 Å². The number of benzene rings is 2. The van der Waals surface area contributed by atoms with Gasteiger partial charge in [-0.05, 0) is 57.7 Å². The fourth-order valence-electron chi connectivity index (χ4n) is 5.50. The molecule has 0 unspecified atom stereocenters. The van der Waals surface area contributed by atoms with Gasteiger partial charge in [0, 0.05) is 48.9 Å². The van der Waals surface area contributed by atoms with Crippen molar-refractivity contribution >= 4 is 22.3 Å². The van der Waals surface area contributed by atoms with Crippen LogP contribution in [-0.4, -0.2) is 67.4 Å². The number of aromatic nitrogens is 2. The standard InChI is InChI=1S/C33H49N5O2/c1-7-11-20-39-27-21-26-14-12-13-15-28(26)31(22-27)38-19-16-29-30(24-38)34-33(40-25(5)23-36(6)10-4)35-32(29)37(17-8-2)18-9-3/h12-15,21-22,25H,7-11,16-20,23-24H2,1-6H3/t25-/m1/s1. The summed E-state index contributed by atoms with van der Waals surface area (Å²) in [6.07, 6.45) is 5.24. The predicted molar refractivity (Wildman–Crippen MR) is 167 cm³/mol. The Hall–Kier alpha value is -3.06. The molecule has 0 amide bonds. The van der Waals surface area contributed by atoms with E-state index in [1.54, 1.807) is 0 Å². The zero-order chi connectivity index (χ0) is 28.5. The van der Waals surface area contributed by atoms with E-state index < -0.39 is 0 Å². The van der Waals surface area contributed by atoms with Gasteiger partial charge < -0.3 is 24.2 Å². The van der Waals surface area contributed by atoms with Gasteiger partial charge in [0.05, 0.1) is 18.8 Å². The molecule has 0 radical (unpaired) electrons. The van der Waals surface area contributed by atoms with Crippen LogP contribution in [0.15, 0.2) is 36.4 Å². The molecule has 0 saturated carbocycles.